The van der Waals surface area contributed by atoms with E-state index >= 15 is 0 Å². The predicted octanol–water partition coefficient (Wildman–Crippen LogP) is 2.23. The molecule has 0 saturated carbocycles. The smallest absolute Gasteiger partial charge is 0.251 e. The van der Waals surface area contributed by atoms with Gasteiger partial charge in [0, 0.05) is 12.1 Å². The van der Waals surface area contributed by atoms with E-state index in [9.17, 15) is 13.6 Å². The van der Waals surface area contributed by atoms with Gasteiger partial charge in [-0.1, -0.05) is 11.8 Å². The maximum Gasteiger partial charge on any atom is 0.251 e. The van der Waals surface area contributed by atoms with Gasteiger partial charge in [0.25, 0.3) is 5.91 Å². The molecule has 1 aromatic heterocycles. The molecule has 0 bridgehead atoms. The van der Waals surface area contributed by atoms with E-state index in [1.54, 1.807) is 0 Å². The van der Waals surface area contributed by atoms with Crippen LogP contribution >= 0.6 is 11.8 Å². The number of nitrogens with zero attached hydrogens (tertiary/aromatic N) is 3. The van der Waals surface area contributed by atoms with Crippen LogP contribution in [-0.2, 0) is 13.1 Å². The quantitative estimate of drug-likeness (QED) is 0.860. The maximum absolute atomic E-state index is 13.1. The average molecular weight is 312 g/mol. The number of rotatable bonds is 5. The lowest BCUT2D eigenvalue weighted by Crippen LogP contribution is -2.25. The summed E-state index contributed by atoms with van der Waals surface area (Å²) in [5.74, 6) is -1.92. The Bertz CT molecular complexity index is 660. The standard InChI is InChI=1S/C13H14F2N4OS/c1-3-19-11(17-18-13(19)21-2)7-16-12(20)8-4-5-9(14)10(15)6-8/h4-6H,3,7H2,1-2H3,(H,16,20). The number of carbonyl (C=O) groups is 1. The van der Waals surface area contributed by atoms with Crippen molar-refractivity contribution in [3.05, 3.63) is 41.2 Å². The van der Waals surface area contributed by atoms with E-state index in [1.807, 2.05) is 17.7 Å². The summed E-state index contributed by atoms with van der Waals surface area (Å²) in [6.45, 7) is 2.79. The summed E-state index contributed by atoms with van der Waals surface area (Å²) in [4.78, 5) is 11.9. The van der Waals surface area contributed by atoms with Crippen LogP contribution < -0.4 is 5.32 Å². The zero-order valence-corrected chi connectivity index (χ0v) is 12.4. The van der Waals surface area contributed by atoms with Gasteiger partial charge in [0.15, 0.2) is 22.6 Å². The first-order valence-corrected chi connectivity index (χ1v) is 7.48. The van der Waals surface area contributed by atoms with Crippen molar-refractivity contribution < 1.29 is 13.6 Å². The molecule has 0 atom stereocenters. The summed E-state index contributed by atoms with van der Waals surface area (Å²) in [6, 6.07) is 3.01. The van der Waals surface area contributed by atoms with Crippen molar-refractivity contribution in [3.8, 4) is 0 Å². The molecule has 1 N–H and O–H groups in total. The molecular formula is C13H14F2N4OS. The molecule has 0 aliphatic carbocycles. The van der Waals surface area contributed by atoms with Gasteiger partial charge in [0.2, 0.25) is 0 Å². The van der Waals surface area contributed by atoms with Crippen molar-refractivity contribution in [2.75, 3.05) is 6.26 Å². The van der Waals surface area contributed by atoms with E-state index in [1.165, 1.54) is 17.8 Å². The van der Waals surface area contributed by atoms with E-state index in [4.69, 9.17) is 0 Å². The van der Waals surface area contributed by atoms with Gasteiger partial charge >= 0.3 is 0 Å². The van der Waals surface area contributed by atoms with E-state index in [2.05, 4.69) is 15.5 Å². The van der Waals surface area contributed by atoms with E-state index in [0.717, 1.165) is 17.3 Å². The van der Waals surface area contributed by atoms with Gasteiger partial charge < -0.3 is 9.88 Å². The zero-order valence-electron chi connectivity index (χ0n) is 11.6. The molecule has 0 aliphatic rings. The second-order valence-corrected chi connectivity index (χ2v) is 4.93. The lowest BCUT2D eigenvalue weighted by molar-refractivity contribution is 0.0949. The highest BCUT2D eigenvalue weighted by atomic mass is 32.2. The SMILES string of the molecule is CCn1c(CNC(=O)c2ccc(F)c(F)c2)nnc1SC. The largest absolute Gasteiger partial charge is 0.345 e. The highest BCUT2D eigenvalue weighted by molar-refractivity contribution is 7.98. The Hall–Kier alpha value is -1.96. The fourth-order valence-corrected chi connectivity index (χ4v) is 2.39. The molecule has 112 valence electrons. The third kappa shape index (κ3) is 3.38. The van der Waals surface area contributed by atoms with Gasteiger partial charge in [0.1, 0.15) is 0 Å². The zero-order chi connectivity index (χ0) is 15.4. The molecule has 1 aromatic carbocycles. The van der Waals surface area contributed by atoms with Crippen molar-refractivity contribution in [1.82, 2.24) is 20.1 Å². The Morgan fingerprint density at radius 3 is 2.71 bits per heavy atom. The molecular weight excluding hydrogens is 298 g/mol. The number of carbonyl (C=O) groups excluding carboxylic acids is 1. The Balaban J connectivity index is 2.07. The summed E-state index contributed by atoms with van der Waals surface area (Å²) in [5, 5.41) is 11.4. The molecule has 1 heterocycles. The highest BCUT2D eigenvalue weighted by Crippen LogP contribution is 2.13. The molecule has 0 saturated heterocycles. The molecule has 0 radical (unpaired) electrons. The lowest BCUT2D eigenvalue weighted by Gasteiger charge is -2.07. The third-order valence-electron chi connectivity index (χ3n) is 2.88. The van der Waals surface area contributed by atoms with Crippen LogP contribution in [0.2, 0.25) is 0 Å². The number of nitrogens with one attached hydrogen (secondary N) is 1. The van der Waals surface area contributed by atoms with E-state index in [0.29, 0.717) is 12.4 Å². The normalized spacial score (nSPS) is 10.7. The summed E-state index contributed by atoms with van der Waals surface area (Å²) in [7, 11) is 0. The fourth-order valence-electron chi connectivity index (χ4n) is 1.82. The van der Waals surface area contributed by atoms with Crippen LogP contribution in [0.3, 0.4) is 0 Å². The van der Waals surface area contributed by atoms with Gasteiger partial charge in [-0.15, -0.1) is 10.2 Å². The summed E-state index contributed by atoms with van der Waals surface area (Å²) < 4.78 is 27.8. The fraction of sp³-hybridized carbons (Fsp3) is 0.308. The van der Waals surface area contributed by atoms with Gasteiger partial charge in [-0.25, -0.2) is 8.78 Å². The minimum absolute atomic E-state index is 0.0570. The first kappa shape index (κ1) is 15.4. The van der Waals surface area contributed by atoms with Gasteiger partial charge in [-0.05, 0) is 31.4 Å². The van der Waals surface area contributed by atoms with Crippen molar-refractivity contribution in [3.63, 3.8) is 0 Å². The van der Waals surface area contributed by atoms with E-state index < -0.39 is 17.5 Å². The second-order valence-electron chi connectivity index (χ2n) is 4.16. The number of amides is 1. The minimum Gasteiger partial charge on any atom is -0.345 e. The van der Waals surface area contributed by atoms with Gasteiger partial charge in [-0.2, -0.15) is 0 Å². The highest BCUT2D eigenvalue weighted by Gasteiger charge is 2.13. The minimum atomic E-state index is -1.05. The van der Waals surface area contributed by atoms with Crippen molar-refractivity contribution in [1.29, 1.82) is 0 Å². The molecule has 0 aliphatic heterocycles. The lowest BCUT2D eigenvalue weighted by atomic mass is 10.2. The molecule has 0 spiro atoms. The van der Waals surface area contributed by atoms with Crippen molar-refractivity contribution in [2.45, 2.75) is 25.2 Å². The molecule has 2 aromatic rings. The Kier molecular flexibility index (Phi) is 4.89. The van der Waals surface area contributed by atoms with E-state index in [-0.39, 0.29) is 12.1 Å². The van der Waals surface area contributed by atoms with Crippen LogP contribution in [0.5, 0.6) is 0 Å². The summed E-state index contributed by atoms with van der Waals surface area (Å²) in [5.41, 5.74) is 0.0570. The van der Waals surface area contributed by atoms with Gasteiger partial charge in [-0.3, -0.25) is 4.79 Å². The Morgan fingerprint density at radius 1 is 1.33 bits per heavy atom. The molecule has 5 nitrogen and oxygen atoms in total. The molecule has 21 heavy (non-hydrogen) atoms. The van der Waals surface area contributed by atoms with Crippen LogP contribution in [0.15, 0.2) is 23.4 Å². The van der Waals surface area contributed by atoms with Crippen molar-refractivity contribution in [2.24, 2.45) is 0 Å². The van der Waals surface area contributed by atoms with Gasteiger partial charge in [0.05, 0.1) is 6.54 Å². The second kappa shape index (κ2) is 6.66. The molecule has 0 fully saturated rings. The van der Waals surface area contributed by atoms with Crippen LogP contribution in [0.4, 0.5) is 8.78 Å². The first-order valence-electron chi connectivity index (χ1n) is 6.26. The summed E-state index contributed by atoms with van der Waals surface area (Å²) >= 11 is 1.46. The topological polar surface area (TPSA) is 59.8 Å². The molecule has 1 amide bonds. The predicted molar refractivity (Wildman–Crippen MR) is 75.0 cm³/mol. The third-order valence-corrected chi connectivity index (χ3v) is 3.55. The number of halogens is 2. The molecule has 0 unspecified atom stereocenters. The Morgan fingerprint density at radius 2 is 2.10 bits per heavy atom. The number of hydrogen-bond acceptors (Lipinski definition) is 4. The van der Waals surface area contributed by atoms with Crippen LogP contribution in [-0.4, -0.2) is 26.9 Å². The maximum atomic E-state index is 13.1. The Labute approximate surface area is 124 Å². The summed E-state index contributed by atoms with van der Waals surface area (Å²) in [6.07, 6.45) is 1.89. The number of aromatic nitrogens is 3. The number of hydrogen-bond donors (Lipinski definition) is 1. The van der Waals surface area contributed by atoms with Crippen LogP contribution in [0.1, 0.15) is 23.1 Å². The molecule has 2 rings (SSSR count). The van der Waals surface area contributed by atoms with Crippen molar-refractivity contribution >= 4 is 17.7 Å². The van der Waals surface area contributed by atoms with Crippen LogP contribution in [0, 0.1) is 11.6 Å². The average Bonchev–Trinajstić information content (AvgIpc) is 2.89. The molecule has 8 heteroatoms. The monoisotopic (exact) mass is 312 g/mol. The first-order chi connectivity index (χ1) is 10.1. The number of thioether (sulfide) groups is 1. The van der Waals surface area contributed by atoms with Crippen LogP contribution in [0.25, 0.3) is 0 Å². The number of benzene rings is 1.